The number of hydrogen-bond acceptors (Lipinski definition) is 2. The molecule has 0 heterocycles. The average molecular weight is 279 g/mol. The highest BCUT2D eigenvalue weighted by molar-refractivity contribution is 7.80. The third-order valence-electron chi connectivity index (χ3n) is 4.70. The number of nitrogens with zero attached hydrogens (tertiary/aromatic N) is 1. The molecular weight excluding hydrogens is 254 g/mol. The molecule has 0 unspecified atom stereocenters. The van der Waals surface area contributed by atoms with E-state index in [0.717, 1.165) is 6.42 Å². The minimum Gasteiger partial charge on any atom is -0.375 e. The summed E-state index contributed by atoms with van der Waals surface area (Å²) >= 11 is 4.76. The molecule has 0 radical (unpaired) electrons. The summed E-state index contributed by atoms with van der Waals surface area (Å²) in [4.78, 5) is 0. The molecule has 0 fully saturated rings. The Morgan fingerprint density at radius 3 is 2.89 bits per heavy atom. The van der Waals surface area contributed by atoms with Gasteiger partial charge in [-0.2, -0.15) is 5.10 Å². The van der Waals surface area contributed by atoms with Gasteiger partial charge in [0.05, 0.1) is 0 Å². The maximum Gasteiger partial charge on any atom is 0.184 e. The summed E-state index contributed by atoms with van der Waals surface area (Å²) in [6, 6.07) is 0. The predicted molar refractivity (Wildman–Crippen MR) is 85.0 cm³/mol. The summed E-state index contributed by atoms with van der Waals surface area (Å²) in [7, 11) is 0. The van der Waals surface area contributed by atoms with E-state index in [9.17, 15) is 0 Å². The first-order valence-electron chi connectivity index (χ1n) is 7.20. The zero-order valence-corrected chi connectivity index (χ0v) is 13.0. The topological polar surface area (TPSA) is 50.4 Å². The van der Waals surface area contributed by atoms with E-state index in [-0.39, 0.29) is 5.11 Å². The summed E-state index contributed by atoms with van der Waals surface area (Å²) in [5, 5.41) is 4.40. The molecule has 0 aliphatic heterocycles. The quantitative estimate of drug-likeness (QED) is 0.353. The fourth-order valence-electron chi connectivity index (χ4n) is 3.54. The lowest BCUT2D eigenvalue weighted by Gasteiger charge is -2.42. The normalized spacial score (nSPS) is 30.3. The SMILES string of the molecule is C[C@@H]1CC2=C(C[C@H]1/C=N\NC(N)=S)C(C)(C)CCC2. The van der Waals surface area contributed by atoms with Gasteiger partial charge >= 0.3 is 0 Å². The van der Waals surface area contributed by atoms with Crippen molar-refractivity contribution in [1.82, 2.24) is 5.43 Å². The van der Waals surface area contributed by atoms with Crippen LogP contribution >= 0.6 is 12.2 Å². The molecule has 2 aliphatic carbocycles. The van der Waals surface area contributed by atoms with E-state index in [0.29, 0.717) is 17.3 Å². The van der Waals surface area contributed by atoms with Crippen LogP contribution in [-0.2, 0) is 0 Å². The third kappa shape index (κ3) is 3.35. The lowest BCUT2D eigenvalue weighted by atomic mass is 9.63. The predicted octanol–water partition coefficient (Wildman–Crippen LogP) is 3.36. The van der Waals surface area contributed by atoms with Crippen molar-refractivity contribution in [2.24, 2.45) is 28.1 Å². The first kappa shape index (κ1) is 14.5. The van der Waals surface area contributed by atoms with E-state index in [1.165, 1.54) is 25.7 Å². The van der Waals surface area contributed by atoms with Gasteiger partial charge in [0.2, 0.25) is 0 Å². The van der Waals surface area contributed by atoms with Crippen LogP contribution in [0.3, 0.4) is 0 Å². The highest BCUT2D eigenvalue weighted by atomic mass is 32.1. The monoisotopic (exact) mass is 279 g/mol. The summed E-state index contributed by atoms with van der Waals surface area (Å²) in [6.45, 7) is 7.10. The van der Waals surface area contributed by atoms with Crippen LogP contribution in [0.5, 0.6) is 0 Å². The molecule has 0 amide bonds. The number of allylic oxidation sites excluding steroid dienone is 2. The number of hydrazone groups is 1. The van der Waals surface area contributed by atoms with E-state index >= 15 is 0 Å². The van der Waals surface area contributed by atoms with Crippen LogP contribution in [-0.4, -0.2) is 11.3 Å². The lowest BCUT2D eigenvalue weighted by Crippen LogP contribution is -2.31. The molecule has 4 heteroatoms. The maximum atomic E-state index is 5.39. The van der Waals surface area contributed by atoms with Crippen molar-refractivity contribution < 1.29 is 0 Å². The Morgan fingerprint density at radius 1 is 1.47 bits per heavy atom. The Balaban J connectivity index is 2.12. The van der Waals surface area contributed by atoms with Gasteiger partial charge < -0.3 is 5.73 Å². The fourth-order valence-corrected chi connectivity index (χ4v) is 3.60. The smallest absolute Gasteiger partial charge is 0.184 e. The van der Waals surface area contributed by atoms with Gasteiger partial charge in [-0.25, -0.2) is 0 Å². The molecule has 0 spiro atoms. The molecule has 0 aromatic heterocycles. The Morgan fingerprint density at radius 2 is 2.21 bits per heavy atom. The maximum absolute atomic E-state index is 5.39. The molecule has 0 bridgehead atoms. The Labute approximate surface area is 121 Å². The average Bonchev–Trinajstić information content (AvgIpc) is 2.29. The van der Waals surface area contributed by atoms with Gasteiger partial charge in [-0.1, -0.05) is 31.9 Å². The van der Waals surface area contributed by atoms with Gasteiger partial charge in [-0.3, -0.25) is 5.43 Å². The van der Waals surface area contributed by atoms with Crippen molar-refractivity contribution in [2.75, 3.05) is 0 Å². The van der Waals surface area contributed by atoms with Crippen molar-refractivity contribution >= 4 is 23.5 Å². The largest absolute Gasteiger partial charge is 0.375 e. The molecule has 0 aromatic rings. The number of hydrogen-bond donors (Lipinski definition) is 2. The highest BCUT2D eigenvalue weighted by Gasteiger charge is 2.36. The summed E-state index contributed by atoms with van der Waals surface area (Å²) < 4.78 is 0. The Kier molecular flexibility index (Phi) is 4.29. The highest BCUT2D eigenvalue weighted by Crippen LogP contribution is 2.48. The summed E-state index contributed by atoms with van der Waals surface area (Å²) in [5.74, 6) is 1.16. The second kappa shape index (κ2) is 5.61. The van der Waals surface area contributed by atoms with E-state index < -0.39 is 0 Å². The van der Waals surface area contributed by atoms with Gasteiger partial charge in [0.25, 0.3) is 0 Å². The summed E-state index contributed by atoms with van der Waals surface area (Å²) in [5.41, 5.74) is 11.8. The van der Waals surface area contributed by atoms with Gasteiger partial charge in [0, 0.05) is 12.1 Å². The molecule has 2 atom stereocenters. The minimum absolute atomic E-state index is 0.234. The van der Waals surface area contributed by atoms with Crippen LogP contribution in [0.25, 0.3) is 0 Å². The van der Waals surface area contributed by atoms with Gasteiger partial charge in [-0.15, -0.1) is 0 Å². The van der Waals surface area contributed by atoms with Crippen LogP contribution < -0.4 is 11.2 Å². The van der Waals surface area contributed by atoms with Crippen molar-refractivity contribution in [1.29, 1.82) is 0 Å². The third-order valence-corrected chi connectivity index (χ3v) is 4.80. The van der Waals surface area contributed by atoms with Crippen LogP contribution in [0.2, 0.25) is 0 Å². The van der Waals surface area contributed by atoms with Crippen molar-refractivity contribution in [2.45, 2.75) is 52.9 Å². The number of nitrogens with two attached hydrogens (primary N) is 1. The van der Waals surface area contributed by atoms with Gasteiger partial charge in [0.1, 0.15) is 0 Å². The first-order chi connectivity index (χ1) is 8.90. The van der Waals surface area contributed by atoms with Crippen molar-refractivity contribution in [3.05, 3.63) is 11.1 Å². The molecule has 3 N–H and O–H groups in total. The van der Waals surface area contributed by atoms with Crippen LogP contribution in [0.4, 0.5) is 0 Å². The van der Waals surface area contributed by atoms with Crippen LogP contribution in [0, 0.1) is 17.3 Å². The molecular formula is C15H25N3S. The minimum atomic E-state index is 0.234. The molecule has 19 heavy (non-hydrogen) atoms. The zero-order chi connectivity index (χ0) is 14.0. The standard InChI is InChI=1S/C15H25N3S/c1-10-7-11-5-4-6-15(2,3)13(11)8-12(10)9-17-18-14(16)19/h9-10,12H,4-8H2,1-3H3,(H3,16,18,19)/b17-9-/t10-,12+/m1/s1. The lowest BCUT2D eigenvalue weighted by molar-refractivity contribution is 0.295. The molecule has 106 valence electrons. The fraction of sp³-hybridized carbons (Fsp3) is 0.733. The second-order valence-corrected chi connectivity index (χ2v) is 7.06. The second-order valence-electron chi connectivity index (χ2n) is 6.62. The van der Waals surface area contributed by atoms with Gasteiger partial charge in [-0.05, 0) is 55.7 Å². The molecule has 2 rings (SSSR count). The van der Waals surface area contributed by atoms with E-state index in [1.807, 2.05) is 6.21 Å². The van der Waals surface area contributed by atoms with Crippen molar-refractivity contribution in [3.63, 3.8) is 0 Å². The van der Waals surface area contributed by atoms with Crippen molar-refractivity contribution in [3.8, 4) is 0 Å². The molecule has 3 nitrogen and oxygen atoms in total. The number of rotatable bonds is 2. The Bertz CT molecular complexity index is 423. The number of thiocarbonyl (C=S) groups is 1. The zero-order valence-electron chi connectivity index (χ0n) is 12.2. The van der Waals surface area contributed by atoms with E-state index in [4.69, 9.17) is 18.0 Å². The number of nitrogens with one attached hydrogen (secondary N) is 1. The first-order valence-corrected chi connectivity index (χ1v) is 7.61. The van der Waals surface area contributed by atoms with Crippen LogP contribution in [0.15, 0.2) is 16.2 Å². The van der Waals surface area contributed by atoms with Crippen LogP contribution in [0.1, 0.15) is 52.9 Å². The van der Waals surface area contributed by atoms with E-state index in [1.54, 1.807) is 11.1 Å². The Hall–Kier alpha value is -0.900. The van der Waals surface area contributed by atoms with E-state index in [2.05, 4.69) is 31.3 Å². The molecule has 0 saturated heterocycles. The van der Waals surface area contributed by atoms with Gasteiger partial charge in [0.15, 0.2) is 5.11 Å². The molecule has 0 aromatic carbocycles. The molecule has 0 saturated carbocycles. The summed E-state index contributed by atoms with van der Waals surface area (Å²) in [6.07, 6.45) is 8.33. The molecule has 2 aliphatic rings.